The van der Waals surface area contributed by atoms with Crippen LogP contribution in [0.2, 0.25) is 0 Å². The summed E-state index contributed by atoms with van der Waals surface area (Å²) in [5.74, 6) is 0.0916. The Kier molecular flexibility index (Phi) is 3.75. The lowest BCUT2D eigenvalue weighted by Crippen LogP contribution is -2.50. The fraction of sp³-hybridized carbons (Fsp3) is 0.375. The number of carbonyl (C=O) groups excluding carboxylic acids is 1. The van der Waals surface area contributed by atoms with Crippen LogP contribution in [0, 0.1) is 5.41 Å². The van der Waals surface area contributed by atoms with Gasteiger partial charge in [0.05, 0.1) is 11.1 Å². The van der Waals surface area contributed by atoms with Crippen LogP contribution in [0.15, 0.2) is 36.5 Å². The van der Waals surface area contributed by atoms with E-state index in [2.05, 4.69) is 15.5 Å². The molecule has 1 aromatic heterocycles. The third-order valence-electron chi connectivity index (χ3n) is 4.40. The van der Waals surface area contributed by atoms with E-state index in [1.54, 1.807) is 6.20 Å². The maximum absolute atomic E-state index is 12.2. The van der Waals surface area contributed by atoms with Gasteiger partial charge >= 0.3 is 0 Å². The molecule has 1 fully saturated rings. The zero-order chi connectivity index (χ0) is 14.7. The van der Waals surface area contributed by atoms with Crippen molar-refractivity contribution in [1.29, 1.82) is 0 Å². The molecule has 2 aromatic rings. The zero-order valence-corrected chi connectivity index (χ0v) is 11.9. The van der Waals surface area contributed by atoms with Gasteiger partial charge in [-0.2, -0.15) is 5.10 Å². The first kappa shape index (κ1) is 13.8. The Balaban J connectivity index is 1.60. The van der Waals surface area contributed by atoms with E-state index in [0.717, 1.165) is 36.1 Å². The molecule has 0 radical (unpaired) electrons. The minimum Gasteiger partial charge on any atom is -0.352 e. The third-order valence-corrected chi connectivity index (χ3v) is 4.40. The number of hydrogen-bond donors (Lipinski definition) is 3. The van der Waals surface area contributed by atoms with Crippen molar-refractivity contribution >= 4 is 5.91 Å². The highest BCUT2D eigenvalue weighted by molar-refractivity contribution is 5.83. The predicted molar refractivity (Wildman–Crippen MR) is 81.2 cm³/mol. The first-order valence-corrected chi connectivity index (χ1v) is 7.31. The second-order valence-corrected chi connectivity index (χ2v) is 5.69. The standard InChI is InChI=1S/C16H20N4O/c17-11-16(7-1-8-16)15(21)18-10-12-2-4-13(5-3-12)14-6-9-19-20-14/h2-6,9H,1,7-8,10-11,17H2,(H,18,21)(H,19,20). The lowest BCUT2D eigenvalue weighted by Gasteiger charge is -2.39. The van der Waals surface area contributed by atoms with Crippen LogP contribution in [0.4, 0.5) is 0 Å². The molecule has 1 amide bonds. The second kappa shape index (κ2) is 5.69. The van der Waals surface area contributed by atoms with Crippen LogP contribution < -0.4 is 11.1 Å². The van der Waals surface area contributed by atoms with Crippen LogP contribution in [-0.2, 0) is 11.3 Å². The highest BCUT2D eigenvalue weighted by Crippen LogP contribution is 2.40. The molecule has 1 aliphatic rings. The summed E-state index contributed by atoms with van der Waals surface area (Å²) in [6, 6.07) is 10.0. The number of benzene rings is 1. The van der Waals surface area contributed by atoms with Crippen molar-refractivity contribution in [3.63, 3.8) is 0 Å². The van der Waals surface area contributed by atoms with Gasteiger partial charge in [0.2, 0.25) is 5.91 Å². The highest BCUT2D eigenvalue weighted by atomic mass is 16.2. The molecule has 3 rings (SSSR count). The van der Waals surface area contributed by atoms with Gasteiger partial charge in [-0.05, 0) is 30.0 Å². The Morgan fingerprint density at radius 1 is 1.29 bits per heavy atom. The van der Waals surface area contributed by atoms with Gasteiger partial charge in [0.15, 0.2) is 0 Å². The molecule has 0 saturated heterocycles. The van der Waals surface area contributed by atoms with Crippen LogP contribution in [-0.4, -0.2) is 22.6 Å². The molecule has 0 atom stereocenters. The quantitative estimate of drug-likeness (QED) is 0.783. The number of nitrogens with zero attached hydrogens (tertiary/aromatic N) is 1. The Bertz CT molecular complexity index is 594. The third kappa shape index (κ3) is 2.69. The summed E-state index contributed by atoms with van der Waals surface area (Å²) in [6.45, 7) is 0.988. The van der Waals surface area contributed by atoms with Gasteiger partial charge in [-0.15, -0.1) is 0 Å². The topological polar surface area (TPSA) is 83.8 Å². The lowest BCUT2D eigenvalue weighted by atomic mass is 9.68. The van der Waals surface area contributed by atoms with E-state index in [1.165, 1.54) is 0 Å². The smallest absolute Gasteiger partial charge is 0.227 e. The predicted octanol–water partition coefficient (Wildman–Crippen LogP) is 1.82. The van der Waals surface area contributed by atoms with Crippen LogP contribution in [0.1, 0.15) is 24.8 Å². The number of carbonyl (C=O) groups is 1. The monoisotopic (exact) mass is 284 g/mol. The number of nitrogens with two attached hydrogens (primary N) is 1. The number of nitrogens with one attached hydrogen (secondary N) is 2. The molecule has 0 spiro atoms. The molecular weight excluding hydrogens is 264 g/mol. The first-order chi connectivity index (χ1) is 10.2. The largest absolute Gasteiger partial charge is 0.352 e. The SMILES string of the molecule is NCC1(C(=O)NCc2ccc(-c3ccn[nH]3)cc2)CCC1. The number of aromatic amines is 1. The Morgan fingerprint density at radius 2 is 2.05 bits per heavy atom. The van der Waals surface area contributed by atoms with Crippen molar-refractivity contribution in [3.8, 4) is 11.3 Å². The second-order valence-electron chi connectivity index (χ2n) is 5.69. The van der Waals surface area contributed by atoms with Crippen LogP contribution >= 0.6 is 0 Å². The van der Waals surface area contributed by atoms with Gasteiger partial charge in [0, 0.05) is 19.3 Å². The molecule has 1 heterocycles. The maximum Gasteiger partial charge on any atom is 0.227 e. The number of H-pyrrole nitrogens is 1. The van der Waals surface area contributed by atoms with E-state index in [4.69, 9.17) is 5.73 Å². The molecule has 1 saturated carbocycles. The molecule has 110 valence electrons. The first-order valence-electron chi connectivity index (χ1n) is 7.31. The van der Waals surface area contributed by atoms with E-state index in [1.807, 2.05) is 30.3 Å². The molecule has 0 aliphatic heterocycles. The van der Waals surface area contributed by atoms with Gasteiger partial charge < -0.3 is 11.1 Å². The van der Waals surface area contributed by atoms with E-state index >= 15 is 0 Å². The summed E-state index contributed by atoms with van der Waals surface area (Å²) in [6.07, 6.45) is 4.65. The summed E-state index contributed by atoms with van der Waals surface area (Å²) >= 11 is 0. The van der Waals surface area contributed by atoms with Crippen molar-refractivity contribution in [2.24, 2.45) is 11.1 Å². The number of rotatable bonds is 5. The molecule has 1 aromatic carbocycles. The highest BCUT2D eigenvalue weighted by Gasteiger charge is 2.42. The van der Waals surface area contributed by atoms with Crippen molar-refractivity contribution < 1.29 is 4.79 Å². The van der Waals surface area contributed by atoms with Crippen LogP contribution in [0.25, 0.3) is 11.3 Å². The van der Waals surface area contributed by atoms with Crippen LogP contribution in [0.3, 0.4) is 0 Å². The Labute approximate surface area is 123 Å². The van der Waals surface area contributed by atoms with Crippen molar-refractivity contribution in [3.05, 3.63) is 42.1 Å². The zero-order valence-electron chi connectivity index (χ0n) is 11.9. The van der Waals surface area contributed by atoms with E-state index in [-0.39, 0.29) is 11.3 Å². The number of aromatic nitrogens is 2. The summed E-state index contributed by atoms with van der Waals surface area (Å²) in [7, 11) is 0. The molecular formula is C16H20N4O. The van der Waals surface area contributed by atoms with Gasteiger partial charge in [-0.3, -0.25) is 9.89 Å². The van der Waals surface area contributed by atoms with Crippen molar-refractivity contribution in [2.75, 3.05) is 6.54 Å². The minimum absolute atomic E-state index is 0.0916. The average molecular weight is 284 g/mol. The summed E-state index contributed by atoms with van der Waals surface area (Å²) < 4.78 is 0. The normalized spacial score (nSPS) is 16.2. The Hall–Kier alpha value is -2.14. The van der Waals surface area contributed by atoms with Gasteiger partial charge in [-0.1, -0.05) is 30.7 Å². The van der Waals surface area contributed by atoms with Gasteiger partial charge in [0.25, 0.3) is 0 Å². The lowest BCUT2D eigenvalue weighted by molar-refractivity contribution is -0.135. The summed E-state index contributed by atoms with van der Waals surface area (Å²) in [4.78, 5) is 12.2. The fourth-order valence-electron chi connectivity index (χ4n) is 2.72. The molecule has 0 unspecified atom stereocenters. The molecule has 4 N–H and O–H groups in total. The van der Waals surface area contributed by atoms with E-state index in [9.17, 15) is 4.79 Å². The van der Waals surface area contributed by atoms with E-state index in [0.29, 0.717) is 13.1 Å². The average Bonchev–Trinajstić information content (AvgIpc) is 2.99. The molecule has 5 nitrogen and oxygen atoms in total. The Morgan fingerprint density at radius 3 is 2.57 bits per heavy atom. The molecule has 5 heteroatoms. The van der Waals surface area contributed by atoms with Gasteiger partial charge in [0.1, 0.15) is 0 Å². The summed E-state index contributed by atoms with van der Waals surface area (Å²) in [5, 5.41) is 9.88. The van der Waals surface area contributed by atoms with Crippen LogP contribution in [0.5, 0.6) is 0 Å². The molecule has 0 bridgehead atoms. The number of amides is 1. The molecule has 21 heavy (non-hydrogen) atoms. The number of hydrogen-bond acceptors (Lipinski definition) is 3. The van der Waals surface area contributed by atoms with E-state index < -0.39 is 0 Å². The summed E-state index contributed by atoms with van der Waals surface area (Å²) in [5.41, 5.74) is 8.59. The van der Waals surface area contributed by atoms with Crippen molar-refractivity contribution in [2.45, 2.75) is 25.8 Å². The van der Waals surface area contributed by atoms with Crippen molar-refractivity contribution in [1.82, 2.24) is 15.5 Å². The maximum atomic E-state index is 12.2. The fourth-order valence-corrected chi connectivity index (χ4v) is 2.72. The van der Waals surface area contributed by atoms with Gasteiger partial charge in [-0.25, -0.2) is 0 Å². The molecule has 1 aliphatic carbocycles. The minimum atomic E-state index is -0.310.